The van der Waals surface area contributed by atoms with Crippen molar-refractivity contribution in [3.63, 3.8) is 0 Å². The fourth-order valence-electron chi connectivity index (χ4n) is 6.18. The van der Waals surface area contributed by atoms with Crippen LogP contribution in [-0.4, -0.2) is 12.7 Å². The van der Waals surface area contributed by atoms with E-state index in [4.69, 9.17) is 4.74 Å². The molecule has 38 heavy (non-hydrogen) atoms. The molecule has 2 aliphatic carbocycles. The molecule has 3 aromatic carbocycles. The number of rotatable bonds is 11. The van der Waals surface area contributed by atoms with E-state index in [0.717, 1.165) is 58.0 Å². The summed E-state index contributed by atoms with van der Waals surface area (Å²) in [7, 11) is 0. The second-order valence-corrected chi connectivity index (χ2v) is 11.1. The maximum atomic E-state index is 15.7. The van der Waals surface area contributed by atoms with Gasteiger partial charge in [-0.3, -0.25) is 0 Å². The Bertz CT molecular complexity index is 1260. The Hall–Kier alpha value is -2.59. The maximum Gasteiger partial charge on any atom is 0.168 e. The lowest BCUT2D eigenvalue weighted by molar-refractivity contribution is 0.0225. The smallest absolute Gasteiger partial charge is 0.168 e. The third-order valence-corrected chi connectivity index (χ3v) is 8.47. The lowest BCUT2D eigenvalue weighted by atomic mass is 9.74. The topological polar surface area (TPSA) is 9.23 Å². The Labute approximate surface area is 225 Å². The van der Waals surface area contributed by atoms with Gasteiger partial charge in [0.1, 0.15) is 5.82 Å². The van der Waals surface area contributed by atoms with Crippen LogP contribution < -0.4 is 0 Å². The molecule has 0 atom stereocenters. The highest BCUT2D eigenvalue weighted by atomic mass is 19.2. The average Bonchev–Trinajstić information content (AvgIpc) is 2.92. The molecule has 0 unspecified atom stereocenters. The number of ether oxygens (including phenoxy) is 1. The number of fused-ring (bicyclic) bond motifs is 4. The van der Waals surface area contributed by atoms with E-state index in [9.17, 15) is 0 Å². The van der Waals surface area contributed by atoms with Crippen LogP contribution in [0.2, 0.25) is 0 Å². The molecule has 0 bridgehead atoms. The van der Waals surface area contributed by atoms with Crippen molar-refractivity contribution in [1.82, 2.24) is 0 Å². The summed E-state index contributed by atoms with van der Waals surface area (Å²) in [6, 6.07) is 13.1. The van der Waals surface area contributed by atoms with E-state index in [0.29, 0.717) is 22.3 Å². The van der Waals surface area contributed by atoms with Gasteiger partial charge in [0.2, 0.25) is 0 Å². The summed E-state index contributed by atoms with van der Waals surface area (Å²) in [6.07, 6.45) is 11.7. The Morgan fingerprint density at radius 2 is 1.37 bits per heavy atom. The molecule has 202 valence electrons. The molecule has 1 saturated carbocycles. The quantitative estimate of drug-likeness (QED) is 0.179. The number of hydrogen-bond donors (Lipinski definition) is 0. The first-order valence-corrected chi connectivity index (χ1v) is 14.6. The Morgan fingerprint density at radius 3 is 2.08 bits per heavy atom. The van der Waals surface area contributed by atoms with E-state index in [1.54, 1.807) is 6.07 Å². The zero-order chi connectivity index (χ0) is 26.6. The molecule has 1 nitrogen and oxygen atoms in total. The molecule has 0 amide bonds. The van der Waals surface area contributed by atoms with E-state index in [2.05, 4.69) is 13.8 Å². The van der Waals surface area contributed by atoms with Gasteiger partial charge in [-0.05, 0) is 84.7 Å². The summed E-state index contributed by atoms with van der Waals surface area (Å²) >= 11 is 0. The molecule has 2 aliphatic rings. The summed E-state index contributed by atoms with van der Waals surface area (Å²) in [4.78, 5) is 0. The molecule has 0 heterocycles. The molecular formula is C34H39F3O. The Kier molecular flexibility index (Phi) is 8.57. The van der Waals surface area contributed by atoms with Gasteiger partial charge in [0.15, 0.2) is 11.6 Å². The van der Waals surface area contributed by atoms with Crippen LogP contribution in [0.15, 0.2) is 42.5 Å². The van der Waals surface area contributed by atoms with Gasteiger partial charge in [-0.15, -0.1) is 0 Å². The standard InChI is InChI=1S/C34H39F3O/c1-3-5-7-9-22-10-12-24(13-11-22)28-21-29-27-19-18-26(32(35)30(27)31(29)34(37)33(28)36)23-14-16-25(17-15-23)38-20-8-6-4-2/h10-13,18-19,21,23,25H,3-9,14-17,20H2,1-2H3. The van der Waals surface area contributed by atoms with E-state index >= 15 is 13.2 Å². The fraction of sp³-hybridized carbons (Fsp3) is 0.471. The fourth-order valence-corrected chi connectivity index (χ4v) is 6.18. The minimum Gasteiger partial charge on any atom is -0.378 e. The van der Waals surface area contributed by atoms with Crippen LogP contribution in [0.4, 0.5) is 13.2 Å². The van der Waals surface area contributed by atoms with Crippen LogP contribution in [0.5, 0.6) is 0 Å². The third-order valence-electron chi connectivity index (χ3n) is 8.47. The first-order chi connectivity index (χ1) is 18.5. The summed E-state index contributed by atoms with van der Waals surface area (Å²) in [6.45, 7) is 5.15. The Balaban J connectivity index is 1.32. The molecule has 0 aromatic heterocycles. The molecule has 5 rings (SSSR count). The van der Waals surface area contributed by atoms with Crippen LogP contribution in [0.1, 0.15) is 95.1 Å². The molecule has 1 fully saturated rings. The van der Waals surface area contributed by atoms with Gasteiger partial charge in [-0.1, -0.05) is 75.9 Å². The zero-order valence-electron chi connectivity index (χ0n) is 22.7. The van der Waals surface area contributed by atoms with E-state index in [-0.39, 0.29) is 34.5 Å². The minimum atomic E-state index is -0.947. The van der Waals surface area contributed by atoms with Gasteiger partial charge >= 0.3 is 0 Å². The van der Waals surface area contributed by atoms with Gasteiger partial charge < -0.3 is 4.74 Å². The van der Waals surface area contributed by atoms with Crippen molar-refractivity contribution < 1.29 is 17.9 Å². The second-order valence-electron chi connectivity index (χ2n) is 11.1. The number of benzene rings is 3. The van der Waals surface area contributed by atoms with Crippen molar-refractivity contribution in [1.29, 1.82) is 0 Å². The summed E-state index contributed by atoms with van der Waals surface area (Å²) in [5, 5.41) is 0. The van der Waals surface area contributed by atoms with Gasteiger partial charge in [0, 0.05) is 23.3 Å². The average molecular weight is 521 g/mol. The monoisotopic (exact) mass is 520 g/mol. The van der Waals surface area contributed by atoms with Gasteiger partial charge in [0.25, 0.3) is 0 Å². The highest BCUT2D eigenvalue weighted by molar-refractivity contribution is 6.04. The first-order valence-electron chi connectivity index (χ1n) is 14.6. The van der Waals surface area contributed by atoms with Crippen LogP contribution >= 0.6 is 0 Å². The van der Waals surface area contributed by atoms with Crippen molar-refractivity contribution in [2.24, 2.45) is 0 Å². The van der Waals surface area contributed by atoms with E-state index < -0.39 is 11.6 Å². The maximum absolute atomic E-state index is 15.7. The lowest BCUT2D eigenvalue weighted by Crippen LogP contribution is -2.22. The van der Waals surface area contributed by atoms with Crippen LogP contribution in [0, 0.1) is 17.5 Å². The molecule has 0 aliphatic heterocycles. The van der Waals surface area contributed by atoms with E-state index in [1.807, 2.05) is 36.4 Å². The van der Waals surface area contributed by atoms with Crippen molar-refractivity contribution in [3.8, 4) is 33.4 Å². The number of unbranched alkanes of at least 4 members (excludes halogenated alkanes) is 4. The summed E-state index contributed by atoms with van der Waals surface area (Å²) in [5.41, 5.74) is 4.29. The van der Waals surface area contributed by atoms with Crippen LogP contribution in [0.25, 0.3) is 33.4 Å². The predicted molar refractivity (Wildman–Crippen MR) is 150 cm³/mol. The number of hydrogen-bond acceptors (Lipinski definition) is 1. The van der Waals surface area contributed by atoms with Crippen LogP contribution in [-0.2, 0) is 11.2 Å². The second kappa shape index (κ2) is 12.1. The highest BCUT2D eigenvalue weighted by Crippen LogP contribution is 2.54. The number of aryl methyl sites for hydroxylation is 1. The molecule has 0 N–H and O–H groups in total. The predicted octanol–water partition coefficient (Wildman–Crippen LogP) is 10.4. The van der Waals surface area contributed by atoms with Gasteiger partial charge in [-0.2, -0.15) is 0 Å². The normalized spacial score (nSPS) is 18.1. The first kappa shape index (κ1) is 27.0. The van der Waals surface area contributed by atoms with Crippen molar-refractivity contribution in [2.45, 2.75) is 96.5 Å². The third kappa shape index (κ3) is 5.30. The minimum absolute atomic E-state index is 0.0860. The summed E-state index contributed by atoms with van der Waals surface area (Å²) < 4.78 is 52.4. The molecular weight excluding hydrogens is 481 g/mol. The molecule has 0 radical (unpaired) electrons. The highest BCUT2D eigenvalue weighted by Gasteiger charge is 2.35. The molecule has 0 saturated heterocycles. The largest absolute Gasteiger partial charge is 0.378 e. The van der Waals surface area contributed by atoms with Crippen molar-refractivity contribution in [2.75, 3.05) is 6.61 Å². The van der Waals surface area contributed by atoms with Gasteiger partial charge in [-0.25, -0.2) is 13.2 Å². The Morgan fingerprint density at radius 1 is 0.684 bits per heavy atom. The summed E-state index contributed by atoms with van der Waals surface area (Å²) in [5.74, 6) is -2.15. The number of halogens is 3. The molecule has 0 spiro atoms. The lowest BCUT2D eigenvalue weighted by Gasteiger charge is -2.32. The molecule has 3 aromatic rings. The van der Waals surface area contributed by atoms with Crippen LogP contribution in [0.3, 0.4) is 0 Å². The van der Waals surface area contributed by atoms with Crippen molar-refractivity contribution in [3.05, 3.63) is 71.0 Å². The molecule has 4 heteroatoms. The van der Waals surface area contributed by atoms with E-state index in [1.165, 1.54) is 24.8 Å². The SMILES string of the molecule is CCCCCOC1CCC(c2ccc3c(c2F)-c2c-3cc(-c3ccc(CCCCC)cc3)c(F)c2F)CC1. The van der Waals surface area contributed by atoms with Crippen molar-refractivity contribution >= 4 is 0 Å². The zero-order valence-corrected chi connectivity index (χ0v) is 22.7. The van der Waals surface area contributed by atoms with Gasteiger partial charge in [0.05, 0.1) is 6.10 Å².